The Morgan fingerprint density at radius 3 is 0.669 bits per heavy atom. The van der Waals surface area contributed by atoms with Crippen molar-refractivity contribution < 1.29 is 0 Å². The van der Waals surface area contributed by atoms with E-state index in [4.69, 9.17) is 0 Å². The molecule has 0 aliphatic rings. The van der Waals surface area contributed by atoms with Gasteiger partial charge in [-0.25, -0.2) is 0 Å². The molecule has 7 aromatic carbocycles. The summed E-state index contributed by atoms with van der Waals surface area (Å²) >= 11 is 0. The molecule has 0 amide bonds. The van der Waals surface area contributed by atoms with Crippen molar-refractivity contribution >= 4 is 0 Å². The highest BCUT2D eigenvalue weighted by Crippen LogP contribution is 2.25. The molecule has 7 nitrogen and oxygen atoms in total. The lowest BCUT2D eigenvalue weighted by atomic mass is 10.0. The molecule has 0 radical (unpaired) electrons. The molecule has 0 saturated heterocycles. The SMILES string of the molecule is CC.CC.CC.CC.CC.CC.CC.CC.CC.CC.CC.CC.CC.CC.CC.CC.CC.CC.CC.CC.CC.Cc1ccc(-c2cccnc2)cc1.Cc1ccc(-c2cccnc2)cc1.Cc1ccc(-c2ccncc2)cc1.Cc1cccc(-c2ccccc2)n1.Cc1cccc(-c2ccncc2)c1.Cc1ccccc1-c1cccnc1.Cc1ccccc1-c1ccncc1. The Labute approximate surface area is 827 Å². The van der Waals surface area contributed by atoms with Crippen LogP contribution in [0.2, 0.25) is 0 Å². The first-order chi connectivity index (χ1) is 65.6. The summed E-state index contributed by atoms with van der Waals surface area (Å²) in [5.41, 5.74) is 25.7. The highest BCUT2D eigenvalue weighted by atomic mass is 14.7. The van der Waals surface area contributed by atoms with Crippen LogP contribution < -0.4 is 0 Å². The van der Waals surface area contributed by atoms with Crippen molar-refractivity contribution in [3.63, 3.8) is 0 Å². The van der Waals surface area contributed by atoms with Gasteiger partial charge in [0.05, 0.1) is 5.69 Å². The molecule has 0 unspecified atom stereocenters. The maximum Gasteiger partial charge on any atom is 0.0705 e. The molecule has 7 aromatic heterocycles. The Balaban J connectivity index is -0.0000000969. The molecule has 0 saturated carbocycles. The highest BCUT2D eigenvalue weighted by Gasteiger charge is 2.03. The maximum atomic E-state index is 4.44. The minimum absolute atomic E-state index is 1.04. The van der Waals surface area contributed by atoms with E-state index >= 15 is 0 Å². The molecule has 0 aliphatic heterocycles. The average Bonchev–Trinajstić information content (AvgIpc) is 0.862. The Morgan fingerprint density at radius 1 is 0.143 bits per heavy atom. The summed E-state index contributed by atoms with van der Waals surface area (Å²) in [5.74, 6) is 0. The number of pyridine rings is 7. The van der Waals surface area contributed by atoms with E-state index in [0.717, 1.165) is 11.4 Å². The fourth-order valence-electron chi connectivity index (χ4n) is 9.38. The lowest BCUT2D eigenvalue weighted by Gasteiger charge is -2.03. The summed E-state index contributed by atoms with van der Waals surface area (Å²) in [6.07, 6.45) is 21.9. The normalized spacial score (nSPS) is 7.74. The first-order valence-corrected chi connectivity index (χ1v) is 51.4. The zero-order chi connectivity index (χ0) is 106. The van der Waals surface area contributed by atoms with Gasteiger partial charge in [0, 0.05) is 91.2 Å². The van der Waals surface area contributed by atoms with E-state index in [1.807, 2.05) is 444 Å². The van der Waals surface area contributed by atoms with Crippen LogP contribution in [0.5, 0.6) is 0 Å². The first kappa shape index (κ1) is 153. The van der Waals surface area contributed by atoms with E-state index in [9.17, 15) is 0 Å². The molecule has 0 fully saturated rings. The van der Waals surface area contributed by atoms with Gasteiger partial charge in [0.15, 0.2) is 0 Å². The lowest BCUT2D eigenvalue weighted by Crippen LogP contribution is -1.84. The van der Waals surface area contributed by atoms with E-state index in [-0.39, 0.29) is 0 Å². The van der Waals surface area contributed by atoms with Crippen LogP contribution in [0.15, 0.2) is 341 Å². The maximum absolute atomic E-state index is 4.44. The van der Waals surface area contributed by atoms with Gasteiger partial charge in [-0.3, -0.25) is 34.9 Å². The molecule has 742 valence electrons. The monoisotopic (exact) mass is 1810 g/mol. The van der Waals surface area contributed by atoms with Crippen LogP contribution in [-0.2, 0) is 0 Å². The summed E-state index contributed by atoms with van der Waals surface area (Å²) in [6, 6.07) is 91.1. The molecule has 133 heavy (non-hydrogen) atoms. The molecule has 14 rings (SSSR count). The number of aromatic nitrogens is 7. The van der Waals surface area contributed by atoms with E-state index in [1.54, 1.807) is 18.6 Å². The Hall–Kier alpha value is -11.4. The van der Waals surface area contributed by atoms with Gasteiger partial charge in [0.2, 0.25) is 0 Å². The number of nitrogens with zero attached hydrogens (tertiary/aromatic N) is 7. The molecular formula is C126H203N7. The zero-order valence-electron chi connectivity index (χ0n) is 95.0. The number of rotatable bonds is 7. The van der Waals surface area contributed by atoms with Crippen molar-refractivity contribution in [3.05, 3.63) is 380 Å². The van der Waals surface area contributed by atoms with Gasteiger partial charge >= 0.3 is 0 Å². The van der Waals surface area contributed by atoms with Crippen LogP contribution >= 0.6 is 0 Å². The topological polar surface area (TPSA) is 90.2 Å². The number of hydrogen-bond acceptors (Lipinski definition) is 7. The summed E-state index contributed by atoms with van der Waals surface area (Å²) in [5, 5.41) is 0. The van der Waals surface area contributed by atoms with Crippen molar-refractivity contribution in [1.82, 2.24) is 34.9 Å². The third-order valence-electron chi connectivity index (χ3n) is 14.4. The molecule has 0 aliphatic carbocycles. The van der Waals surface area contributed by atoms with Crippen LogP contribution in [-0.4, -0.2) is 34.9 Å². The van der Waals surface area contributed by atoms with Gasteiger partial charge in [-0.15, -0.1) is 0 Å². The molecule has 0 N–H and O–H groups in total. The smallest absolute Gasteiger partial charge is 0.0705 e. The summed E-state index contributed by atoms with van der Waals surface area (Å²) in [4.78, 5) is 28.7. The van der Waals surface area contributed by atoms with Crippen LogP contribution in [0.4, 0.5) is 0 Å². The predicted molar refractivity (Wildman–Crippen MR) is 619 cm³/mol. The van der Waals surface area contributed by atoms with Gasteiger partial charge in [-0.05, 0) is 188 Å². The highest BCUT2D eigenvalue weighted by molar-refractivity contribution is 5.69. The third-order valence-corrected chi connectivity index (χ3v) is 14.4. The zero-order valence-corrected chi connectivity index (χ0v) is 95.0. The molecule has 7 heterocycles. The first-order valence-electron chi connectivity index (χ1n) is 51.4. The third kappa shape index (κ3) is 81.1. The number of aryl methyl sites for hydroxylation is 7. The van der Waals surface area contributed by atoms with E-state index in [2.05, 4.69) is 252 Å². The van der Waals surface area contributed by atoms with Gasteiger partial charge in [-0.1, -0.05) is 513 Å². The largest absolute Gasteiger partial charge is 0.265 e. The second-order valence-corrected chi connectivity index (χ2v) is 21.6. The van der Waals surface area contributed by atoms with Crippen molar-refractivity contribution in [3.8, 4) is 78.0 Å². The molecule has 0 bridgehead atoms. The number of hydrogen-bond donors (Lipinski definition) is 0. The minimum Gasteiger partial charge on any atom is -0.265 e. The van der Waals surface area contributed by atoms with Crippen LogP contribution in [0.1, 0.15) is 330 Å². The Kier molecular flexibility index (Phi) is 151. The standard InChI is InChI=1S/7C12H11N.21C2H6/c1-10-2-4-11(5-3-10)12-6-8-13-9-7-12;2*1-10-4-6-11(7-5-10)12-3-2-8-13-9-12;1-10-5-2-3-7-12(10)11-6-4-8-13-9-11;1-10-3-2-4-12(9-10)11-5-7-13-8-6-11;1-10-6-5-9-12(13-10)11-7-3-2-4-8-11;1-10-4-2-3-5-12(10)11-6-8-13-9-7-11;21*1-2/h7*2-9H,1H3;21*1-2H3. The summed E-state index contributed by atoms with van der Waals surface area (Å²) < 4.78 is 0. The van der Waals surface area contributed by atoms with E-state index in [1.165, 1.54) is 106 Å². The second kappa shape index (κ2) is 131. The van der Waals surface area contributed by atoms with Crippen molar-refractivity contribution in [2.45, 2.75) is 339 Å². The van der Waals surface area contributed by atoms with Gasteiger partial charge in [-0.2, -0.15) is 0 Å². The van der Waals surface area contributed by atoms with E-state index in [0.29, 0.717) is 0 Å². The van der Waals surface area contributed by atoms with Crippen LogP contribution in [0.3, 0.4) is 0 Å². The Bertz CT molecular complexity index is 3940. The summed E-state index contributed by atoms with van der Waals surface area (Å²) in [6.45, 7) is 98.6. The molecule has 0 spiro atoms. The molecule has 0 atom stereocenters. The van der Waals surface area contributed by atoms with Crippen molar-refractivity contribution in [2.24, 2.45) is 0 Å². The minimum atomic E-state index is 1.04. The second-order valence-electron chi connectivity index (χ2n) is 21.6. The lowest BCUT2D eigenvalue weighted by molar-refractivity contribution is 1.21. The fourth-order valence-corrected chi connectivity index (χ4v) is 9.38. The molecule has 7 heteroatoms. The van der Waals surface area contributed by atoms with Crippen LogP contribution in [0.25, 0.3) is 78.0 Å². The van der Waals surface area contributed by atoms with Crippen LogP contribution in [0, 0.1) is 48.5 Å². The number of benzene rings is 7. The molecular weight excluding hydrogens is 1610 g/mol. The van der Waals surface area contributed by atoms with Crippen molar-refractivity contribution in [2.75, 3.05) is 0 Å². The van der Waals surface area contributed by atoms with Crippen molar-refractivity contribution in [1.29, 1.82) is 0 Å². The van der Waals surface area contributed by atoms with Gasteiger partial charge in [0.1, 0.15) is 0 Å². The predicted octanol–water partition coefficient (Wildman–Crippen LogP) is 42.9. The average molecular weight is 1820 g/mol. The quantitative estimate of drug-likeness (QED) is 0.157. The van der Waals surface area contributed by atoms with Gasteiger partial charge in [0.25, 0.3) is 0 Å². The van der Waals surface area contributed by atoms with E-state index < -0.39 is 0 Å². The molecule has 14 aromatic rings. The fraction of sp³-hybridized carbons (Fsp3) is 0.389. The van der Waals surface area contributed by atoms with Gasteiger partial charge < -0.3 is 0 Å². The Morgan fingerprint density at radius 2 is 0.383 bits per heavy atom. The summed E-state index contributed by atoms with van der Waals surface area (Å²) in [7, 11) is 0.